The summed E-state index contributed by atoms with van der Waals surface area (Å²) in [5, 5.41) is 9.69. The molecule has 1 saturated carbocycles. The highest BCUT2D eigenvalue weighted by Gasteiger charge is 2.24. The van der Waals surface area contributed by atoms with Crippen LogP contribution in [0.5, 0.6) is 0 Å². The lowest BCUT2D eigenvalue weighted by atomic mass is 9.77. The summed E-state index contributed by atoms with van der Waals surface area (Å²) in [5.74, 6) is 7.40. The van der Waals surface area contributed by atoms with E-state index in [9.17, 15) is 5.11 Å². The normalized spacial score (nSPS) is 24.8. The van der Waals surface area contributed by atoms with E-state index >= 15 is 0 Å². The molecule has 3 heteroatoms. The lowest BCUT2D eigenvalue weighted by Gasteiger charge is -2.29. The summed E-state index contributed by atoms with van der Waals surface area (Å²) in [7, 11) is 0. The lowest BCUT2D eigenvalue weighted by molar-refractivity contribution is -0.0509. The molecule has 1 aromatic rings. The molecular formula is C22H30O3. The predicted octanol–water partition coefficient (Wildman–Crippen LogP) is 4.24. The topological polar surface area (TPSA) is 38.7 Å². The van der Waals surface area contributed by atoms with Crippen LogP contribution in [0.4, 0.5) is 0 Å². The van der Waals surface area contributed by atoms with Crippen molar-refractivity contribution in [2.45, 2.75) is 70.2 Å². The molecule has 3 nitrogen and oxygen atoms in total. The average molecular weight is 342 g/mol. The Morgan fingerprint density at radius 3 is 2.24 bits per heavy atom. The van der Waals surface area contributed by atoms with Gasteiger partial charge in [-0.1, -0.05) is 24.0 Å². The zero-order valence-corrected chi connectivity index (χ0v) is 15.5. The first-order chi connectivity index (χ1) is 12.0. The van der Waals surface area contributed by atoms with Crippen molar-refractivity contribution < 1.29 is 14.6 Å². The third-order valence-corrected chi connectivity index (χ3v) is 5.24. The van der Waals surface area contributed by atoms with Crippen LogP contribution in [-0.4, -0.2) is 30.2 Å². The van der Waals surface area contributed by atoms with Crippen LogP contribution in [0.25, 0.3) is 0 Å². The third kappa shape index (κ3) is 5.85. The Hall–Kier alpha value is -1.34. The predicted molar refractivity (Wildman–Crippen MR) is 99.2 cm³/mol. The number of ether oxygens (including phenoxy) is 2. The summed E-state index contributed by atoms with van der Waals surface area (Å²) >= 11 is 0. The summed E-state index contributed by atoms with van der Waals surface area (Å²) in [6, 6.07) is 8.57. The van der Waals surface area contributed by atoms with Crippen LogP contribution < -0.4 is 0 Å². The summed E-state index contributed by atoms with van der Waals surface area (Å²) in [6.45, 7) is 4.93. The van der Waals surface area contributed by atoms with Gasteiger partial charge in [-0.25, -0.2) is 0 Å². The van der Waals surface area contributed by atoms with Crippen LogP contribution in [0.1, 0.15) is 69.4 Å². The largest absolute Gasteiger partial charge is 0.378 e. The number of hydrogen-bond donors (Lipinski definition) is 1. The second-order valence-electron chi connectivity index (χ2n) is 7.90. The van der Waals surface area contributed by atoms with E-state index in [1.807, 2.05) is 0 Å². The molecule has 1 aromatic carbocycles. The van der Waals surface area contributed by atoms with Crippen molar-refractivity contribution in [3.63, 3.8) is 0 Å². The van der Waals surface area contributed by atoms with Gasteiger partial charge < -0.3 is 14.6 Å². The summed E-state index contributed by atoms with van der Waals surface area (Å²) in [4.78, 5) is 0. The highest BCUT2D eigenvalue weighted by Crippen LogP contribution is 2.38. The van der Waals surface area contributed by atoms with Gasteiger partial charge in [0.2, 0.25) is 0 Å². The fraction of sp³-hybridized carbons (Fsp3) is 0.636. The molecule has 0 amide bonds. The van der Waals surface area contributed by atoms with Gasteiger partial charge in [-0.2, -0.15) is 0 Å². The first-order valence-corrected chi connectivity index (χ1v) is 9.58. The van der Waals surface area contributed by atoms with E-state index in [0.29, 0.717) is 5.92 Å². The average Bonchev–Trinajstić information content (AvgIpc) is 3.12. The first-order valence-electron chi connectivity index (χ1n) is 9.58. The smallest absolute Gasteiger partial charge is 0.157 e. The van der Waals surface area contributed by atoms with Gasteiger partial charge in [0.15, 0.2) is 6.29 Å². The Kier molecular flexibility index (Phi) is 6.17. The van der Waals surface area contributed by atoms with E-state index in [4.69, 9.17) is 9.47 Å². The molecule has 0 bridgehead atoms. The molecule has 0 unspecified atom stereocenters. The van der Waals surface area contributed by atoms with Crippen LogP contribution >= 0.6 is 0 Å². The standard InChI is InChI=1S/C22H30O3/c1-22(2,23)14-13-18-5-10-20(11-6-18)19-8-3-17(4-9-19)7-12-21-24-15-16-25-21/h5-6,10-11,17,19,21,23H,3-4,7-9,12,15-16H2,1-2H3. The van der Waals surface area contributed by atoms with Crippen LogP contribution in [-0.2, 0) is 9.47 Å². The molecule has 1 aliphatic heterocycles. The molecule has 1 aliphatic carbocycles. The Balaban J connectivity index is 1.46. The number of rotatable bonds is 4. The van der Waals surface area contributed by atoms with Crippen LogP contribution in [0.3, 0.4) is 0 Å². The van der Waals surface area contributed by atoms with Crippen molar-refractivity contribution in [3.8, 4) is 11.8 Å². The number of hydrogen-bond acceptors (Lipinski definition) is 3. The van der Waals surface area contributed by atoms with Crippen molar-refractivity contribution in [2.24, 2.45) is 5.92 Å². The minimum Gasteiger partial charge on any atom is -0.378 e. The fourth-order valence-corrected chi connectivity index (χ4v) is 3.79. The van der Waals surface area contributed by atoms with Gasteiger partial charge in [0.05, 0.1) is 13.2 Å². The van der Waals surface area contributed by atoms with Gasteiger partial charge >= 0.3 is 0 Å². The molecule has 1 saturated heterocycles. The Bertz CT molecular complexity index is 589. The van der Waals surface area contributed by atoms with Gasteiger partial charge in [-0.05, 0) is 81.9 Å². The molecule has 1 heterocycles. The summed E-state index contributed by atoms with van der Waals surface area (Å²) < 4.78 is 11.1. The first kappa shape index (κ1) is 18.5. The highest BCUT2D eigenvalue weighted by atomic mass is 16.7. The van der Waals surface area contributed by atoms with Gasteiger partial charge in [-0.3, -0.25) is 0 Å². The maximum atomic E-state index is 9.69. The SMILES string of the molecule is CC(C)(O)C#Cc1ccc(C2CCC(CCC3OCCO3)CC2)cc1. The molecule has 0 radical (unpaired) electrons. The maximum absolute atomic E-state index is 9.69. The quantitative estimate of drug-likeness (QED) is 0.832. The van der Waals surface area contributed by atoms with Crippen molar-refractivity contribution in [1.29, 1.82) is 0 Å². The van der Waals surface area contributed by atoms with Crippen molar-refractivity contribution >= 4 is 0 Å². The van der Waals surface area contributed by atoms with E-state index in [1.165, 1.54) is 37.7 Å². The molecule has 0 atom stereocenters. The second-order valence-corrected chi connectivity index (χ2v) is 7.90. The minimum absolute atomic E-state index is 0.0512. The molecule has 2 aliphatic rings. The highest BCUT2D eigenvalue weighted by molar-refractivity contribution is 5.38. The van der Waals surface area contributed by atoms with Gasteiger partial charge in [0.25, 0.3) is 0 Å². The number of aliphatic hydroxyl groups is 1. The van der Waals surface area contributed by atoms with E-state index in [2.05, 4.69) is 36.1 Å². The Morgan fingerprint density at radius 2 is 1.64 bits per heavy atom. The zero-order valence-electron chi connectivity index (χ0n) is 15.5. The van der Waals surface area contributed by atoms with E-state index < -0.39 is 5.60 Å². The van der Waals surface area contributed by atoms with E-state index in [0.717, 1.165) is 31.1 Å². The molecular weight excluding hydrogens is 312 g/mol. The molecule has 1 N–H and O–H groups in total. The fourth-order valence-electron chi connectivity index (χ4n) is 3.79. The molecule has 2 fully saturated rings. The van der Waals surface area contributed by atoms with Gasteiger partial charge in [0, 0.05) is 5.56 Å². The molecule has 0 aromatic heterocycles. The second kappa shape index (κ2) is 8.36. The molecule has 0 spiro atoms. The van der Waals surface area contributed by atoms with E-state index in [-0.39, 0.29) is 6.29 Å². The van der Waals surface area contributed by atoms with E-state index in [1.54, 1.807) is 13.8 Å². The molecule has 3 rings (SSSR count). The van der Waals surface area contributed by atoms with Crippen LogP contribution in [0, 0.1) is 17.8 Å². The monoisotopic (exact) mass is 342 g/mol. The van der Waals surface area contributed by atoms with Crippen molar-refractivity contribution in [2.75, 3.05) is 13.2 Å². The third-order valence-electron chi connectivity index (χ3n) is 5.24. The minimum atomic E-state index is -0.939. The molecule has 25 heavy (non-hydrogen) atoms. The molecule has 136 valence electrons. The Labute approximate surface area is 151 Å². The van der Waals surface area contributed by atoms with Crippen molar-refractivity contribution in [3.05, 3.63) is 35.4 Å². The van der Waals surface area contributed by atoms with Gasteiger partial charge in [-0.15, -0.1) is 0 Å². The van der Waals surface area contributed by atoms with Crippen LogP contribution in [0.15, 0.2) is 24.3 Å². The van der Waals surface area contributed by atoms with Crippen LogP contribution in [0.2, 0.25) is 0 Å². The summed E-state index contributed by atoms with van der Waals surface area (Å²) in [5.41, 5.74) is 1.46. The van der Waals surface area contributed by atoms with Crippen molar-refractivity contribution in [1.82, 2.24) is 0 Å². The maximum Gasteiger partial charge on any atom is 0.157 e. The zero-order chi connectivity index (χ0) is 17.7. The number of benzene rings is 1. The van der Waals surface area contributed by atoms with Gasteiger partial charge in [0.1, 0.15) is 5.60 Å². The Morgan fingerprint density at radius 1 is 1.00 bits per heavy atom. The lowest BCUT2D eigenvalue weighted by Crippen LogP contribution is -2.16. The summed E-state index contributed by atoms with van der Waals surface area (Å²) in [6.07, 6.45) is 7.47.